The lowest BCUT2D eigenvalue weighted by Crippen LogP contribution is -2.36. The number of hydrogen-bond acceptors (Lipinski definition) is 9. The number of hydrogen-bond donors (Lipinski definition) is 3. The number of para-hydroxylation sites is 1. The molecule has 0 aliphatic heterocycles. The van der Waals surface area contributed by atoms with E-state index in [9.17, 15) is 24.8 Å². The molecule has 212 valence electrons. The number of carbonyl (C=O) groups is 2. The van der Waals surface area contributed by atoms with Crippen LogP contribution in [0.2, 0.25) is 0 Å². The summed E-state index contributed by atoms with van der Waals surface area (Å²) in [4.78, 5) is 42.9. The van der Waals surface area contributed by atoms with Gasteiger partial charge in [0.15, 0.2) is 5.84 Å². The minimum absolute atomic E-state index is 0.0387. The average molecular weight is 562 g/mol. The third-order valence-corrected chi connectivity index (χ3v) is 6.03. The lowest BCUT2D eigenvalue weighted by Gasteiger charge is -2.14. The Morgan fingerprint density at radius 2 is 1.80 bits per heavy atom. The van der Waals surface area contributed by atoms with Crippen molar-refractivity contribution >= 4 is 28.7 Å². The van der Waals surface area contributed by atoms with Crippen molar-refractivity contribution in [2.24, 2.45) is 16.7 Å². The lowest BCUT2D eigenvalue weighted by atomic mass is 9.98. The van der Waals surface area contributed by atoms with Gasteiger partial charge in [-0.3, -0.25) is 9.36 Å². The molecule has 5 N–H and O–H groups in total. The van der Waals surface area contributed by atoms with Crippen LogP contribution in [0.25, 0.3) is 22.2 Å². The van der Waals surface area contributed by atoms with Crippen LogP contribution in [0.15, 0.2) is 71.8 Å². The average Bonchev–Trinajstić information content (AvgIpc) is 3.30. The summed E-state index contributed by atoms with van der Waals surface area (Å²) in [6.07, 6.45) is -0.359. The molecule has 0 saturated heterocycles. The molecular weight excluding hydrogens is 534 g/mol. The second kappa shape index (κ2) is 12.6. The number of hydrazine groups is 1. The summed E-state index contributed by atoms with van der Waals surface area (Å²) >= 11 is 0. The number of rotatable bonds is 12. The quantitative estimate of drug-likeness (QED) is 0.0576. The zero-order chi connectivity index (χ0) is 29.5. The highest BCUT2D eigenvalue weighted by molar-refractivity contribution is 6.04. The Balaban J connectivity index is 1.59. The molecule has 41 heavy (non-hydrogen) atoms. The van der Waals surface area contributed by atoms with E-state index in [-0.39, 0.29) is 17.8 Å². The van der Waals surface area contributed by atoms with Gasteiger partial charge in [-0.05, 0) is 35.7 Å². The van der Waals surface area contributed by atoms with E-state index in [1.54, 1.807) is 28.8 Å². The van der Waals surface area contributed by atoms with Crippen molar-refractivity contribution in [1.82, 2.24) is 14.7 Å². The van der Waals surface area contributed by atoms with Crippen molar-refractivity contribution < 1.29 is 29.4 Å². The molecule has 0 saturated carbocycles. The maximum Gasteiger partial charge on any atom is 0.337 e. The number of hydrazone groups is 1. The van der Waals surface area contributed by atoms with Gasteiger partial charge in [-0.15, -0.1) is 15.2 Å². The van der Waals surface area contributed by atoms with Crippen molar-refractivity contribution in [2.75, 3.05) is 13.2 Å². The van der Waals surface area contributed by atoms with E-state index in [1.807, 2.05) is 43.3 Å². The Morgan fingerprint density at radius 1 is 1.10 bits per heavy atom. The van der Waals surface area contributed by atoms with Gasteiger partial charge in [0.25, 0.3) is 17.0 Å². The van der Waals surface area contributed by atoms with Crippen LogP contribution >= 0.6 is 0 Å². The summed E-state index contributed by atoms with van der Waals surface area (Å²) < 4.78 is 7.44. The number of aromatic carboxylic acids is 1. The van der Waals surface area contributed by atoms with Crippen molar-refractivity contribution in [1.29, 1.82) is 0 Å². The van der Waals surface area contributed by atoms with Crippen molar-refractivity contribution in [3.8, 4) is 17.1 Å². The van der Waals surface area contributed by atoms with E-state index in [0.29, 0.717) is 46.4 Å². The van der Waals surface area contributed by atoms with E-state index >= 15 is 0 Å². The standard InChI is InChI=1S/C27H27N7O7/c1-2-40-27-30-22-9-5-8-21(26(36)37)24(22)32(27)16-17-10-12-18(13-11-17)19-6-3-4-7-20(19)25(28)31-33(29)23(35)14-15-41-34(38)39/h3-13H,2,14-16,29H2,1H3,(H2,28,31)(H,36,37). The Morgan fingerprint density at radius 3 is 2.49 bits per heavy atom. The number of carboxylic acid groups (broad SMARTS) is 1. The summed E-state index contributed by atoms with van der Waals surface area (Å²) in [5, 5.41) is 23.4. The molecule has 0 bridgehead atoms. The van der Waals surface area contributed by atoms with Gasteiger partial charge < -0.3 is 20.4 Å². The van der Waals surface area contributed by atoms with Gasteiger partial charge in [-0.25, -0.2) is 10.6 Å². The van der Waals surface area contributed by atoms with Gasteiger partial charge in [0.05, 0.1) is 36.2 Å². The van der Waals surface area contributed by atoms with E-state index in [4.69, 9.17) is 16.3 Å². The molecule has 14 heteroatoms. The minimum Gasteiger partial charge on any atom is -0.478 e. The Kier molecular flexibility index (Phi) is 8.74. The fourth-order valence-corrected chi connectivity index (χ4v) is 4.20. The van der Waals surface area contributed by atoms with Crippen LogP contribution in [0.4, 0.5) is 0 Å². The number of ether oxygens (including phenoxy) is 1. The number of imidazole rings is 1. The number of aromatic nitrogens is 2. The molecule has 14 nitrogen and oxygen atoms in total. The minimum atomic E-state index is -1.06. The number of carbonyl (C=O) groups excluding carboxylic acids is 1. The SMILES string of the molecule is CCOc1nc2cccc(C(=O)O)c2n1Cc1ccc(-c2ccccc2/C(N)=N/N(N)C(=O)CCO[N+](=O)[O-])cc1. The Bertz CT molecular complexity index is 1620. The molecule has 0 atom stereocenters. The first-order valence-corrected chi connectivity index (χ1v) is 12.4. The fourth-order valence-electron chi connectivity index (χ4n) is 4.20. The van der Waals surface area contributed by atoms with E-state index in [0.717, 1.165) is 11.1 Å². The van der Waals surface area contributed by atoms with Crippen molar-refractivity contribution in [2.45, 2.75) is 19.9 Å². The molecule has 0 spiro atoms. The summed E-state index contributed by atoms with van der Waals surface area (Å²) in [6.45, 7) is 2.04. The second-order valence-electron chi connectivity index (χ2n) is 8.66. The first kappa shape index (κ1) is 28.5. The maximum absolute atomic E-state index is 12.1. The lowest BCUT2D eigenvalue weighted by molar-refractivity contribution is -0.757. The van der Waals surface area contributed by atoms with Crippen LogP contribution in [-0.4, -0.2) is 55.8 Å². The first-order valence-electron chi connectivity index (χ1n) is 12.4. The molecule has 0 aliphatic rings. The Hall–Kier alpha value is -5.50. The topological polar surface area (TPSA) is 201 Å². The zero-order valence-corrected chi connectivity index (χ0v) is 22.0. The van der Waals surface area contributed by atoms with Crippen molar-refractivity contribution in [3.05, 3.63) is 93.5 Å². The molecule has 4 rings (SSSR count). The third-order valence-electron chi connectivity index (χ3n) is 6.03. The predicted molar refractivity (Wildman–Crippen MR) is 148 cm³/mol. The molecule has 0 aliphatic carbocycles. The molecular formula is C27H27N7O7. The molecule has 0 fully saturated rings. The smallest absolute Gasteiger partial charge is 0.337 e. The van der Waals surface area contributed by atoms with E-state index in [2.05, 4.69) is 14.9 Å². The molecule has 4 aromatic rings. The van der Waals surface area contributed by atoms with Gasteiger partial charge in [0, 0.05) is 5.56 Å². The van der Waals surface area contributed by atoms with Crippen LogP contribution in [-0.2, 0) is 16.2 Å². The number of amidine groups is 1. The molecule has 1 heterocycles. The molecule has 0 unspecified atom stereocenters. The highest BCUT2D eigenvalue weighted by Crippen LogP contribution is 2.28. The fraction of sp³-hybridized carbons (Fsp3) is 0.185. The number of fused-ring (bicyclic) bond motifs is 1. The summed E-state index contributed by atoms with van der Waals surface area (Å²) in [6, 6.07) is 19.9. The summed E-state index contributed by atoms with van der Waals surface area (Å²) in [5.41, 5.74) is 10.2. The highest BCUT2D eigenvalue weighted by Gasteiger charge is 2.19. The van der Waals surface area contributed by atoms with Crippen LogP contribution in [0.1, 0.15) is 34.8 Å². The summed E-state index contributed by atoms with van der Waals surface area (Å²) in [5.74, 6) is 3.86. The van der Waals surface area contributed by atoms with Crippen LogP contribution in [0.3, 0.4) is 0 Å². The predicted octanol–water partition coefficient (Wildman–Crippen LogP) is 2.77. The monoisotopic (exact) mass is 561 g/mol. The number of nitrogens with two attached hydrogens (primary N) is 2. The molecule has 3 aromatic carbocycles. The normalized spacial score (nSPS) is 11.3. The number of carboxylic acids is 1. The number of benzene rings is 3. The first-order chi connectivity index (χ1) is 19.7. The van der Waals surface area contributed by atoms with Gasteiger partial charge in [0.2, 0.25) is 0 Å². The van der Waals surface area contributed by atoms with Gasteiger partial charge in [-0.2, -0.15) is 10.1 Å². The molecule has 1 aromatic heterocycles. The van der Waals surface area contributed by atoms with Crippen LogP contribution < -0.4 is 16.3 Å². The highest BCUT2D eigenvalue weighted by atomic mass is 16.9. The maximum atomic E-state index is 12.1. The number of nitrogens with zero attached hydrogens (tertiary/aromatic N) is 5. The summed E-state index contributed by atoms with van der Waals surface area (Å²) in [7, 11) is 0. The van der Waals surface area contributed by atoms with E-state index < -0.39 is 23.6 Å². The van der Waals surface area contributed by atoms with Gasteiger partial charge in [-0.1, -0.05) is 54.6 Å². The van der Waals surface area contributed by atoms with Gasteiger partial charge >= 0.3 is 5.97 Å². The Labute approximate surface area is 233 Å². The van der Waals surface area contributed by atoms with Crippen molar-refractivity contribution in [3.63, 3.8) is 0 Å². The third kappa shape index (κ3) is 6.57. The van der Waals surface area contributed by atoms with Gasteiger partial charge in [0.1, 0.15) is 6.61 Å². The van der Waals surface area contributed by atoms with E-state index in [1.165, 1.54) is 6.07 Å². The van der Waals surface area contributed by atoms with Crippen LogP contribution in [0, 0.1) is 10.1 Å². The molecule has 1 amide bonds. The largest absolute Gasteiger partial charge is 0.478 e. The second-order valence-corrected chi connectivity index (χ2v) is 8.66. The van der Waals surface area contributed by atoms with Crippen LogP contribution in [0.5, 0.6) is 6.01 Å². The molecule has 0 radical (unpaired) electrons. The zero-order valence-electron chi connectivity index (χ0n) is 22.0. The number of amides is 1.